The quantitative estimate of drug-likeness (QED) is 0.277. The molecule has 1 heteroatoms. The number of hydrogen-bond acceptors (Lipinski definition) is 0. The summed E-state index contributed by atoms with van der Waals surface area (Å²) in [6.07, 6.45) is 5.99. The molecule has 0 saturated carbocycles. The van der Waals surface area contributed by atoms with Gasteiger partial charge >= 0.3 is 0 Å². The lowest BCUT2D eigenvalue weighted by Gasteiger charge is -2.27. The Hall–Kier alpha value is -2.64. The monoisotopic (exact) mass is 534 g/mol. The van der Waals surface area contributed by atoms with E-state index < -0.39 is 8.80 Å². The molecule has 3 aromatic carbocycles. The molecule has 0 amide bonds. The third-order valence-corrected chi connectivity index (χ3v) is 11.5. The van der Waals surface area contributed by atoms with Crippen molar-refractivity contribution >= 4 is 24.7 Å². The maximum Gasteiger partial charge on any atom is 0.129 e. The van der Waals surface area contributed by atoms with Gasteiger partial charge in [-0.25, -0.2) is 0 Å². The molecule has 1 aliphatic rings. The molecule has 3 aromatic rings. The summed E-state index contributed by atoms with van der Waals surface area (Å²) in [6.45, 7) is 25.4. The lowest BCUT2D eigenvalue weighted by Crippen LogP contribution is -2.45. The van der Waals surface area contributed by atoms with E-state index in [4.69, 9.17) is 0 Å². The fourth-order valence-corrected chi connectivity index (χ4v) is 10.2. The van der Waals surface area contributed by atoms with Crippen LogP contribution in [0.25, 0.3) is 5.57 Å². The van der Waals surface area contributed by atoms with E-state index in [0.29, 0.717) is 0 Å². The average molecular weight is 535 g/mol. The van der Waals surface area contributed by atoms with Gasteiger partial charge < -0.3 is 0 Å². The molecule has 0 heterocycles. The van der Waals surface area contributed by atoms with Gasteiger partial charge in [0.2, 0.25) is 0 Å². The van der Waals surface area contributed by atoms with E-state index in [1.54, 1.807) is 21.1 Å². The van der Waals surface area contributed by atoms with Gasteiger partial charge in [-0.3, -0.25) is 0 Å². The lowest BCUT2D eigenvalue weighted by atomic mass is 9.79. The van der Waals surface area contributed by atoms with Gasteiger partial charge in [0.05, 0.1) is 0 Å². The largest absolute Gasteiger partial charge is 0.129 e. The Morgan fingerprint density at radius 2 is 1.05 bits per heavy atom. The Labute approximate surface area is 240 Å². The first-order valence-electron chi connectivity index (χ1n) is 14.9. The van der Waals surface area contributed by atoms with Crippen molar-refractivity contribution in [1.29, 1.82) is 0 Å². The first-order chi connectivity index (χ1) is 18.2. The van der Waals surface area contributed by atoms with Gasteiger partial charge in [0.1, 0.15) is 8.80 Å². The van der Waals surface area contributed by atoms with E-state index in [2.05, 4.69) is 137 Å². The van der Waals surface area contributed by atoms with Crippen LogP contribution in [0.3, 0.4) is 0 Å². The predicted molar refractivity (Wildman–Crippen MR) is 177 cm³/mol. The molecule has 0 spiro atoms. The molecule has 0 aliphatic heterocycles. The second kappa shape index (κ2) is 11.1. The van der Waals surface area contributed by atoms with E-state index in [1.165, 1.54) is 50.9 Å². The summed E-state index contributed by atoms with van der Waals surface area (Å²) in [5.74, 6) is 0. The number of aryl methyl sites for hydroxylation is 4. The second-order valence-corrected chi connectivity index (χ2v) is 17.1. The molecule has 39 heavy (non-hydrogen) atoms. The normalized spacial score (nSPS) is 14.4. The standard InChI is InChI=1S/C38H50Si/c1-12-13-29-20-30(31-21-32(37(6,7)8)24-33(22-31)38(9,10)11)23-36(29)39(34-16-25(2)14-26(3)17-34)35-18-27(4)15-28(5)19-35/h14-22,24,39H,12-13,23H2,1-11H3. The van der Waals surface area contributed by atoms with E-state index in [-0.39, 0.29) is 10.8 Å². The maximum atomic E-state index is 2.58. The maximum absolute atomic E-state index is 2.58. The zero-order chi connectivity index (χ0) is 28.7. The summed E-state index contributed by atoms with van der Waals surface area (Å²) in [6, 6.07) is 22.0. The minimum Gasteiger partial charge on any atom is -0.0668 e. The van der Waals surface area contributed by atoms with E-state index >= 15 is 0 Å². The molecular formula is C38H50Si. The van der Waals surface area contributed by atoms with Gasteiger partial charge in [-0.2, -0.15) is 0 Å². The van der Waals surface area contributed by atoms with Crippen LogP contribution in [-0.2, 0) is 10.8 Å². The fraction of sp³-hybridized carbons (Fsp3) is 0.421. The Morgan fingerprint density at radius 1 is 0.615 bits per heavy atom. The van der Waals surface area contributed by atoms with Crippen LogP contribution in [0.4, 0.5) is 0 Å². The molecule has 1 aliphatic carbocycles. The van der Waals surface area contributed by atoms with Gasteiger partial charge in [0.25, 0.3) is 0 Å². The highest BCUT2D eigenvalue weighted by Gasteiger charge is 2.30. The summed E-state index contributed by atoms with van der Waals surface area (Å²) >= 11 is 0. The topological polar surface area (TPSA) is 0 Å². The van der Waals surface area contributed by atoms with Crippen LogP contribution in [0.15, 0.2) is 71.4 Å². The van der Waals surface area contributed by atoms with Crippen molar-refractivity contribution in [3.8, 4) is 0 Å². The van der Waals surface area contributed by atoms with Gasteiger partial charge in [0.15, 0.2) is 0 Å². The molecule has 0 fully saturated rings. The highest BCUT2D eigenvalue weighted by atomic mass is 28.3. The van der Waals surface area contributed by atoms with Crippen LogP contribution in [0.5, 0.6) is 0 Å². The molecule has 0 unspecified atom stereocenters. The number of allylic oxidation sites excluding steroid dienone is 4. The van der Waals surface area contributed by atoms with E-state index in [0.717, 1.165) is 12.8 Å². The summed E-state index contributed by atoms with van der Waals surface area (Å²) in [5.41, 5.74) is 13.2. The highest BCUT2D eigenvalue weighted by Crippen LogP contribution is 2.39. The first-order valence-corrected chi connectivity index (χ1v) is 16.6. The molecule has 0 saturated heterocycles. The lowest BCUT2D eigenvalue weighted by molar-refractivity contribution is 0.568. The Bertz CT molecular complexity index is 1310. The Balaban J connectivity index is 1.89. The third kappa shape index (κ3) is 6.75. The molecule has 0 atom stereocenters. The molecule has 0 radical (unpaired) electrons. The number of hydrogen-bond donors (Lipinski definition) is 0. The summed E-state index contributed by atoms with van der Waals surface area (Å²) < 4.78 is 0. The van der Waals surface area contributed by atoms with E-state index in [9.17, 15) is 0 Å². The molecule has 0 bridgehead atoms. The molecule has 4 rings (SSSR count). The van der Waals surface area contributed by atoms with Crippen molar-refractivity contribution in [3.05, 3.63) is 110 Å². The van der Waals surface area contributed by atoms with Crippen LogP contribution in [-0.4, -0.2) is 8.80 Å². The molecular weight excluding hydrogens is 485 g/mol. The van der Waals surface area contributed by atoms with Gasteiger partial charge in [-0.05, 0) is 73.6 Å². The van der Waals surface area contributed by atoms with Crippen LogP contribution < -0.4 is 10.4 Å². The van der Waals surface area contributed by atoms with Crippen molar-refractivity contribution in [2.75, 3.05) is 0 Å². The second-order valence-electron chi connectivity index (χ2n) is 14.2. The van der Waals surface area contributed by atoms with E-state index in [1.807, 2.05) is 0 Å². The van der Waals surface area contributed by atoms with Crippen LogP contribution >= 0.6 is 0 Å². The van der Waals surface area contributed by atoms with Crippen molar-refractivity contribution in [3.63, 3.8) is 0 Å². The fourth-order valence-electron chi connectivity index (χ4n) is 6.27. The van der Waals surface area contributed by atoms with Crippen molar-refractivity contribution in [2.45, 2.75) is 106 Å². The minimum absolute atomic E-state index is 0.118. The first kappa shape index (κ1) is 29.3. The van der Waals surface area contributed by atoms with Crippen molar-refractivity contribution < 1.29 is 0 Å². The molecule has 206 valence electrons. The minimum atomic E-state index is -1.63. The van der Waals surface area contributed by atoms with Crippen molar-refractivity contribution in [2.24, 2.45) is 0 Å². The Kier molecular flexibility index (Phi) is 8.34. The van der Waals surface area contributed by atoms with Crippen molar-refractivity contribution in [1.82, 2.24) is 0 Å². The number of benzene rings is 3. The summed E-state index contributed by atoms with van der Waals surface area (Å²) in [4.78, 5) is 0. The average Bonchev–Trinajstić information content (AvgIpc) is 3.20. The zero-order valence-corrected chi connectivity index (χ0v) is 27.6. The third-order valence-electron chi connectivity index (χ3n) is 8.20. The van der Waals surface area contributed by atoms with Gasteiger partial charge in [0, 0.05) is 0 Å². The highest BCUT2D eigenvalue weighted by molar-refractivity contribution is 6.91. The smallest absolute Gasteiger partial charge is 0.0668 e. The molecule has 0 N–H and O–H groups in total. The van der Waals surface area contributed by atoms with Crippen LogP contribution in [0.1, 0.15) is 107 Å². The van der Waals surface area contributed by atoms with Gasteiger partial charge in [-0.1, -0.05) is 159 Å². The number of rotatable bonds is 6. The van der Waals surface area contributed by atoms with Crippen LogP contribution in [0, 0.1) is 27.7 Å². The molecule has 0 nitrogen and oxygen atoms in total. The SMILES string of the molecule is CCCC1=C([SiH](c2cc(C)cc(C)c2)c2cc(C)cc(C)c2)CC(c2cc(C(C)(C)C)cc(C(C)(C)C)c2)=C1. The predicted octanol–water partition coefficient (Wildman–Crippen LogP) is 8.98. The Morgan fingerprint density at radius 3 is 1.44 bits per heavy atom. The summed E-state index contributed by atoms with van der Waals surface area (Å²) in [5, 5.41) is 4.85. The zero-order valence-electron chi connectivity index (χ0n) is 26.5. The van der Waals surface area contributed by atoms with Crippen LogP contribution in [0.2, 0.25) is 0 Å². The molecule has 0 aromatic heterocycles. The summed E-state index contributed by atoms with van der Waals surface area (Å²) in [7, 11) is -1.63. The van der Waals surface area contributed by atoms with Gasteiger partial charge in [-0.15, -0.1) is 0 Å².